The fourth-order valence-corrected chi connectivity index (χ4v) is 4.98. The molecule has 0 radical (unpaired) electrons. The molecule has 1 aromatic rings. The quantitative estimate of drug-likeness (QED) is 0.167. The van der Waals surface area contributed by atoms with Gasteiger partial charge in [0.25, 0.3) is 0 Å². The number of hydrogen-bond donors (Lipinski definition) is 1. The molecule has 2 rings (SSSR count). The van der Waals surface area contributed by atoms with Crippen LogP contribution in [0.25, 0.3) is 0 Å². The van der Waals surface area contributed by atoms with Gasteiger partial charge in [-0.3, -0.25) is 19.3 Å². The van der Waals surface area contributed by atoms with E-state index in [0.717, 1.165) is 37.9 Å². The van der Waals surface area contributed by atoms with Crippen molar-refractivity contribution in [1.29, 1.82) is 0 Å². The first kappa shape index (κ1) is 31.8. The number of carbonyl (C=O) groups excluding carboxylic acids is 2. The molecule has 0 spiro atoms. The maximum atomic E-state index is 12.3. The minimum absolute atomic E-state index is 0.146. The Hall–Kier alpha value is -2.42. The molecule has 38 heavy (non-hydrogen) atoms. The van der Waals surface area contributed by atoms with Crippen LogP contribution in [0.4, 0.5) is 0 Å². The Balaban J connectivity index is 1.51. The van der Waals surface area contributed by atoms with Crippen molar-refractivity contribution < 1.29 is 29.0 Å². The van der Waals surface area contributed by atoms with Crippen LogP contribution in [0.1, 0.15) is 109 Å². The van der Waals surface area contributed by atoms with Gasteiger partial charge in [0.15, 0.2) is 0 Å². The highest BCUT2D eigenvalue weighted by molar-refractivity contribution is 5.74. The fraction of sp³-hybridized carbons (Fsp3) is 0.793. The van der Waals surface area contributed by atoms with Gasteiger partial charge in [-0.15, -0.1) is 0 Å². The summed E-state index contributed by atoms with van der Waals surface area (Å²) in [4.78, 5) is 42.0. The number of carboxylic acids is 1. The van der Waals surface area contributed by atoms with E-state index in [9.17, 15) is 19.5 Å². The Bertz CT molecular complexity index is 827. The topological polar surface area (TPSA) is 111 Å². The fourth-order valence-electron chi connectivity index (χ4n) is 4.98. The van der Waals surface area contributed by atoms with Gasteiger partial charge in [0.2, 0.25) is 0 Å². The minimum Gasteiger partial charge on any atom is -0.480 e. The predicted octanol–water partition coefficient (Wildman–Crippen LogP) is 5.29. The SMILES string of the molecule is CCCCCCCCCCCOC(=O)CCCCCN1CC(OC(=O)CCn2ccnc2C)C[C@H]1C(=O)O. The lowest BCUT2D eigenvalue weighted by molar-refractivity contribution is -0.149. The maximum Gasteiger partial charge on any atom is 0.321 e. The van der Waals surface area contributed by atoms with E-state index >= 15 is 0 Å². The molecular weight excluding hydrogens is 486 g/mol. The van der Waals surface area contributed by atoms with Crippen molar-refractivity contribution in [1.82, 2.24) is 14.5 Å². The predicted molar refractivity (Wildman–Crippen MR) is 146 cm³/mol. The standard InChI is InChI=1S/C29H49N3O6/c1-3-4-5-6-7-8-9-10-14-21-37-27(33)15-12-11-13-18-32-23-25(22-26(32)29(35)36)38-28(34)16-19-31-20-17-30-24(31)2/h17,20,25-26H,3-16,18-19,21-23H2,1-2H3,(H,35,36)/t25?,26-/m0/s1. The summed E-state index contributed by atoms with van der Waals surface area (Å²) in [6.45, 7) is 6.13. The zero-order valence-corrected chi connectivity index (χ0v) is 23.6. The molecule has 9 nitrogen and oxygen atoms in total. The number of ether oxygens (including phenoxy) is 2. The van der Waals surface area contributed by atoms with Gasteiger partial charge in [-0.2, -0.15) is 0 Å². The molecule has 0 bridgehead atoms. The second kappa shape index (κ2) is 18.8. The van der Waals surface area contributed by atoms with E-state index in [1.165, 1.54) is 44.9 Å². The number of likely N-dealkylation sites (tertiary alicyclic amines) is 1. The Morgan fingerprint density at radius 3 is 2.26 bits per heavy atom. The zero-order valence-electron chi connectivity index (χ0n) is 23.6. The van der Waals surface area contributed by atoms with Crippen LogP contribution in [-0.4, -0.2) is 69.3 Å². The van der Waals surface area contributed by atoms with Crippen molar-refractivity contribution in [2.24, 2.45) is 0 Å². The van der Waals surface area contributed by atoms with Gasteiger partial charge in [-0.25, -0.2) is 4.98 Å². The minimum atomic E-state index is -0.891. The lowest BCUT2D eigenvalue weighted by Crippen LogP contribution is -2.36. The number of aliphatic carboxylic acids is 1. The van der Waals surface area contributed by atoms with Gasteiger partial charge >= 0.3 is 17.9 Å². The van der Waals surface area contributed by atoms with Crippen molar-refractivity contribution in [3.8, 4) is 0 Å². The summed E-state index contributed by atoms with van der Waals surface area (Å²) < 4.78 is 12.8. The number of carboxylic acid groups (broad SMARTS) is 1. The molecule has 0 saturated carbocycles. The molecule has 1 aliphatic rings. The van der Waals surface area contributed by atoms with Crippen molar-refractivity contribution in [2.75, 3.05) is 19.7 Å². The number of imidazole rings is 1. The van der Waals surface area contributed by atoms with Crippen LogP contribution in [-0.2, 0) is 30.4 Å². The van der Waals surface area contributed by atoms with Crippen LogP contribution in [0.3, 0.4) is 0 Å². The van der Waals surface area contributed by atoms with E-state index < -0.39 is 18.1 Å². The van der Waals surface area contributed by atoms with Crippen molar-refractivity contribution >= 4 is 17.9 Å². The average molecular weight is 536 g/mol. The summed E-state index contributed by atoms with van der Waals surface area (Å²) in [7, 11) is 0. The number of esters is 2. The number of hydrogen-bond acceptors (Lipinski definition) is 7. The highest BCUT2D eigenvalue weighted by Crippen LogP contribution is 2.22. The summed E-state index contributed by atoms with van der Waals surface area (Å²) in [5.41, 5.74) is 0. The van der Waals surface area contributed by atoms with Crippen LogP contribution in [0, 0.1) is 6.92 Å². The summed E-state index contributed by atoms with van der Waals surface area (Å²) >= 11 is 0. The van der Waals surface area contributed by atoms with Gasteiger partial charge in [0.05, 0.1) is 13.0 Å². The summed E-state index contributed by atoms with van der Waals surface area (Å²) in [5.74, 6) is -0.525. The van der Waals surface area contributed by atoms with Gasteiger partial charge in [-0.05, 0) is 32.7 Å². The Morgan fingerprint density at radius 1 is 0.921 bits per heavy atom. The van der Waals surface area contributed by atoms with Gasteiger partial charge in [0.1, 0.15) is 18.0 Å². The first-order valence-electron chi connectivity index (χ1n) is 14.7. The lowest BCUT2D eigenvalue weighted by Gasteiger charge is -2.20. The summed E-state index contributed by atoms with van der Waals surface area (Å²) in [5, 5.41) is 9.61. The Morgan fingerprint density at radius 2 is 1.61 bits per heavy atom. The normalized spacial score (nSPS) is 17.5. The molecular formula is C29H49N3O6. The maximum absolute atomic E-state index is 12.3. The number of carbonyl (C=O) groups is 3. The monoisotopic (exact) mass is 535 g/mol. The molecule has 1 unspecified atom stereocenters. The number of aryl methyl sites for hydroxylation is 2. The lowest BCUT2D eigenvalue weighted by atomic mass is 10.1. The molecule has 216 valence electrons. The second-order valence-electron chi connectivity index (χ2n) is 10.5. The van der Waals surface area contributed by atoms with E-state index in [1.54, 1.807) is 6.20 Å². The second-order valence-corrected chi connectivity index (χ2v) is 10.5. The van der Waals surface area contributed by atoms with Crippen LogP contribution < -0.4 is 0 Å². The van der Waals surface area contributed by atoms with Crippen LogP contribution in [0.2, 0.25) is 0 Å². The van der Waals surface area contributed by atoms with Gasteiger partial charge in [-0.1, -0.05) is 64.7 Å². The highest BCUT2D eigenvalue weighted by Gasteiger charge is 2.38. The van der Waals surface area contributed by atoms with Crippen molar-refractivity contribution in [3.05, 3.63) is 18.2 Å². The number of unbranched alkanes of at least 4 members (excludes halogenated alkanes) is 10. The first-order valence-corrected chi connectivity index (χ1v) is 14.7. The third kappa shape index (κ3) is 12.9. The summed E-state index contributed by atoms with van der Waals surface area (Å²) in [6, 6.07) is -0.648. The molecule has 1 saturated heterocycles. The van der Waals surface area contributed by atoms with Gasteiger partial charge < -0.3 is 19.1 Å². The van der Waals surface area contributed by atoms with E-state index in [1.807, 2.05) is 22.6 Å². The van der Waals surface area contributed by atoms with Crippen LogP contribution >= 0.6 is 0 Å². The smallest absolute Gasteiger partial charge is 0.321 e. The third-order valence-corrected chi connectivity index (χ3v) is 7.27. The number of nitrogens with zero attached hydrogens (tertiary/aromatic N) is 3. The molecule has 2 heterocycles. The zero-order chi connectivity index (χ0) is 27.6. The average Bonchev–Trinajstić information content (AvgIpc) is 3.49. The molecule has 2 atom stereocenters. The van der Waals surface area contributed by atoms with Crippen LogP contribution in [0.15, 0.2) is 12.4 Å². The number of rotatable bonds is 21. The largest absolute Gasteiger partial charge is 0.480 e. The summed E-state index contributed by atoms with van der Waals surface area (Å²) in [6.07, 6.45) is 17.5. The van der Waals surface area contributed by atoms with Crippen molar-refractivity contribution in [2.45, 2.75) is 129 Å². The van der Waals surface area contributed by atoms with E-state index in [0.29, 0.717) is 39.1 Å². The van der Waals surface area contributed by atoms with Crippen LogP contribution in [0.5, 0.6) is 0 Å². The molecule has 9 heteroatoms. The molecule has 1 aromatic heterocycles. The molecule has 1 N–H and O–H groups in total. The van der Waals surface area contributed by atoms with Crippen molar-refractivity contribution in [3.63, 3.8) is 0 Å². The van der Waals surface area contributed by atoms with E-state index in [4.69, 9.17) is 9.47 Å². The molecule has 1 fully saturated rings. The molecule has 0 aromatic carbocycles. The highest BCUT2D eigenvalue weighted by atomic mass is 16.5. The molecule has 1 aliphatic heterocycles. The molecule has 0 amide bonds. The van der Waals surface area contributed by atoms with E-state index in [2.05, 4.69) is 11.9 Å². The first-order chi connectivity index (χ1) is 18.4. The third-order valence-electron chi connectivity index (χ3n) is 7.27. The van der Waals surface area contributed by atoms with E-state index in [-0.39, 0.29) is 18.4 Å². The molecule has 0 aliphatic carbocycles. The Kier molecular flexibility index (Phi) is 15.7. The van der Waals surface area contributed by atoms with Gasteiger partial charge in [0, 0.05) is 38.3 Å². The Labute approximate surface area is 228 Å². The number of aromatic nitrogens is 2.